The second-order valence-electron chi connectivity index (χ2n) is 8.86. The highest BCUT2D eigenvalue weighted by atomic mass is 35.6. The number of hydrogen-bond acceptors (Lipinski definition) is 3. The summed E-state index contributed by atoms with van der Waals surface area (Å²) < 4.78 is 1.27. The Morgan fingerprint density at radius 2 is 1.55 bits per heavy atom. The maximum absolute atomic E-state index is 13.2. The number of anilines is 1. The molecule has 1 aromatic heterocycles. The molecular formula is C24H27Cl3N4O2. The number of hydrogen-bond donors (Lipinski definition) is 2. The number of nitrogens with one attached hydrogen (secondary N) is 2. The van der Waals surface area contributed by atoms with Gasteiger partial charge in [-0.25, -0.2) is 4.68 Å². The molecular weight excluding hydrogens is 483 g/mol. The summed E-state index contributed by atoms with van der Waals surface area (Å²) in [6.07, 6.45) is -1.16. The highest BCUT2D eigenvalue weighted by Gasteiger charge is 2.36. The van der Waals surface area contributed by atoms with Gasteiger partial charge in [0.05, 0.1) is 11.4 Å². The van der Waals surface area contributed by atoms with Crippen molar-refractivity contribution in [2.45, 2.75) is 43.1 Å². The Morgan fingerprint density at radius 1 is 0.970 bits per heavy atom. The normalized spacial score (nSPS) is 13.0. The van der Waals surface area contributed by atoms with Crippen molar-refractivity contribution in [3.05, 3.63) is 81.8 Å². The SMILES string of the molecule is Cc1c(N[C@@H](NC(=O)c2ccc(C(C)(C)C)cc2)C(Cl)(Cl)Cl)c(=O)n(-c2ccccc2)n1C. The molecule has 0 saturated carbocycles. The van der Waals surface area contributed by atoms with E-state index in [-0.39, 0.29) is 16.7 Å². The molecule has 1 heterocycles. The number of halogens is 3. The van der Waals surface area contributed by atoms with Crippen LogP contribution in [-0.2, 0) is 12.5 Å². The third-order valence-corrected chi connectivity index (χ3v) is 6.11. The van der Waals surface area contributed by atoms with Gasteiger partial charge in [-0.05, 0) is 42.2 Å². The maximum Gasteiger partial charge on any atom is 0.295 e. The number of carbonyl (C=O) groups is 1. The van der Waals surface area contributed by atoms with E-state index in [4.69, 9.17) is 34.8 Å². The van der Waals surface area contributed by atoms with Gasteiger partial charge in [-0.2, -0.15) is 0 Å². The molecule has 0 spiro atoms. The van der Waals surface area contributed by atoms with Crippen molar-refractivity contribution >= 4 is 46.4 Å². The van der Waals surface area contributed by atoms with Crippen LogP contribution in [0.1, 0.15) is 42.4 Å². The van der Waals surface area contributed by atoms with Gasteiger partial charge >= 0.3 is 0 Å². The van der Waals surface area contributed by atoms with Gasteiger partial charge in [-0.15, -0.1) is 0 Å². The zero-order valence-corrected chi connectivity index (χ0v) is 21.4. The van der Waals surface area contributed by atoms with Crippen LogP contribution < -0.4 is 16.2 Å². The lowest BCUT2D eigenvalue weighted by Crippen LogP contribution is -2.49. The fourth-order valence-corrected chi connectivity index (χ4v) is 3.74. The van der Waals surface area contributed by atoms with Crippen molar-refractivity contribution in [3.63, 3.8) is 0 Å². The molecule has 0 bridgehead atoms. The summed E-state index contributed by atoms with van der Waals surface area (Å²) in [6, 6.07) is 16.4. The number of nitrogens with zero attached hydrogens (tertiary/aromatic N) is 2. The lowest BCUT2D eigenvalue weighted by molar-refractivity contribution is 0.0941. The Bertz CT molecular complexity index is 1190. The van der Waals surface area contributed by atoms with Crippen LogP contribution in [0.4, 0.5) is 5.69 Å². The van der Waals surface area contributed by atoms with Crippen LogP contribution in [0, 0.1) is 6.92 Å². The first-order chi connectivity index (χ1) is 15.3. The summed E-state index contributed by atoms with van der Waals surface area (Å²) >= 11 is 18.5. The number of amides is 1. The van der Waals surface area contributed by atoms with E-state index >= 15 is 0 Å². The number of para-hydroxylation sites is 1. The first-order valence-corrected chi connectivity index (χ1v) is 11.5. The molecule has 0 aliphatic heterocycles. The van der Waals surface area contributed by atoms with E-state index in [1.165, 1.54) is 4.68 Å². The quantitative estimate of drug-likeness (QED) is 0.361. The average molecular weight is 510 g/mol. The van der Waals surface area contributed by atoms with Crippen molar-refractivity contribution in [3.8, 4) is 5.69 Å². The zero-order chi connectivity index (χ0) is 24.6. The number of carbonyl (C=O) groups excluding carboxylic acids is 1. The van der Waals surface area contributed by atoms with Crippen molar-refractivity contribution in [1.82, 2.24) is 14.7 Å². The molecule has 33 heavy (non-hydrogen) atoms. The van der Waals surface area contributed by atoms with Gasteiger partial charge < -0.3 is 10.6 Å². The second-order valence-corrected chi connectivity index (χ2v) is 11.2. The minimum absolute atomic E-state index is 0.0415. The molecule has 176 valence electrons. The summed E-state index contributed by atoms with van der Waals surface area (Å²) in [5, 5.41) is 5.64. The number of rotatable bonds is 5. The Kier molecular flexibility index (Phi) is 7.22. The molecule has 6 nitrogen and oxygen atoms in total. The smallest absolute Gasteiger partial charge is 0.295 e. The summed E-state index contributed by atoms with van der Waals surface area (Å²) in [4.78, 5) is 26.1. The van der Waals surface area contributed by atoms with E-state index in [1.807, 2.05) is 42.5 Å². The Balaban J connectivity index is 1.90. The summed E-state index contributed by atoms with van der Waals surface area (Å²) in [5.74, 6) is -0.434. The molecule has 0 radical (unpaired) electrons. The van der Waals surface area contributed by atoms with E-state index in [2.05, 4.69) is 31.4 Å². The molecule has 1 atom stereocenters. The van der Waals surface area contributed by atoms with E-state index < -0.39 is 15.9 Å². The molecule has 3 aromatic rings. The second kappa shape index (κ2) is 9.45. The fraction of sp³-hybridized carbons (Fsp3) is 0.333. The largest absolute Gasteiger partial charge is 0.356 e. The molecule has 1 amide bonds. The Morgan fingerprint density at radius 3 is 2.06 bits per heavy atom. The molecule has 2 N–H and O–H groups in total. The van der Waals surface area contributed by atoms with E-state index in [1.54, 1.807) is 30.8 Å². The maximum atomic E-state index is 13.2. The predicted octanol–water partition coefficient (Wildman–Crippen LogP) is 5.32. The monoisotopic (exact) mass is 508 g/mol. The van der Waals surface area contributed by atoms with Crippen molar-refractivity contribution in [2.75, 3.05) is 5.32 Å². The van der Waals surface area contributed by atoms with Crippen molar-refractivity contribution in [1.29, 1.82) is 0 Å². The van der Waals surface area contributed by atoms with Crippen molar-refractivity contribution < 1.29 is 4.79 Å². The third kappa shape index (κ3) is 5.57. The molecule has 0 unspecified atom stereocenters. The summed E-state index contributed by atoms with van der Waals surface area (Å²) in [5.41, 5.74) is 2.67. The molecule has 0 fully saturated rings. The van der Waals surface area contributed by atoms with Gasteiger partial charge in [0.15, 0.2) is 0 Å². The van der Waals surface area contributed by atoms with Gasteiger partial charge in [0.2, 0.25) is 3.79 Å². The molecule has 0 aliphatic carbocycles. The van der Waals surface area contributed by atoms with Gasteiger partial charge in [-0.1, -0.05) is 85.9 Å². The number of aromatic nitrogens is 2. The zero-order valence-electron chi connectivity index (χ0n) is 19.1. The minimum atomic E-state index is -1.92. The van der Waals surface area contributed by atoms with Crippen LogP contribution in [0.2, 0.25) is 0 Å². The highest BCUT2D eigenvalue weighted by Crippen LogP contribution is 2.31. The van der Waals surface area contributed by atoms with Crippen LogP contribution in [0.25, 0.3) is 5.69 Å². The van der Waals surface area contributed by atoms with E-state index in [0.717, 1.165) is 5.56 Å². The van der Waals surface area contributed by atoms with Gasteiger partial charge in [0.1, 0.15) is 11.9 Å². The van der Waals surface area contributed by atoms with Crippen LogP contribution >= 0.6 is 34.8 Å². The molecule has 0 aliphatic rings. The Labute approximate surface area is 208 Å². The van der Waals surface area contributed by atoms with Crippen LogP contribution in [0.5, 0.6) is 0 Å². The van der Waals surface area contributed by atoms with E-state index in [0.29, 0.717) is 16.9 Å². The van der Waals surface area contributed by atoms with Crippen LogP contribution in [0.3, 0.4) is 0 Å². The first kappa shape index (κ1) is 25.2. The van der Waals surface area contributed by atoms with Crippen molar-refractivity contribution in [2.24, 2.45) is 7.05 Å². The number of benzene rings is 2. The first-order valence-electron chi connectivity index (χ1n) is 10.4. The van der Waals surface area contributed by atoms with Gasteiger partial charge in [0, 0.05) is 12.6 Å². The standard InChI is InChI=1S/C24H27Cl3N4O2/c1-15-19(21(33)31(30(15)5)18-9-7-6-8-10-18)28-22(24(25,26)27)29-20(32)16-11-13-17(14-12-16)23(2,3)4/h6-14,22,28H,1-5H3,(H,29,32)/t22-/m0/s1. The molecule has 0 saturated heterocycles. The lowest BCUT2D eigenvalue weighted by atomic mass is 9.87. The lowest BCUT2D eigenvalue weighted by Gasteiger charge is -2.27. The average Bonchev–Trinajstić information content (AvgIpc) is 2.95. The minimum Gasteiger partial charge on any atom is -0.356 e. The van der Waals surface area contributed by atoms with Crippen LogP contribution in [-0.4, -0.2) is 25.2 Å². The van der Waals surface area contributed by atoms with Gasteiger partial charge in [0.25, 0.3) is 11.5 Å². The number of alkyl halides is 3. The predicted molar refractivity (Wildman–Crippen MR) is 136 cm³/mol. The molecule has 3 rings (SSSR count). The fourth-order valence-electron chi connectivity index (χ4n) is 3.41. The molecule has 9 heteroatoms. The highest BCUT2D eigenvalue weighted by molar-refractivity contribution is 6.68. The Hall–Kier alpha value is -2.41. The molecule has 2 aromatic carbocycles. The third-order valence-electron chi connectivity index (χ3n) is 5.46. The van der Waals surface area contributed by atoms with Gasteiger partial charge in [-0.3, -0.25) is 14.3 Å². The topological polar surface area (TPSA) is 68.1 Å². The summed E-state index contributed by atoms with van der Waals surface area (Å²) in [7, 11) is 1.76. The summed E-state index contributed by atoms with van der Waals surface area (Å²) in [6.45, 7) is 8.05. The van der Waals surface area contributed by atoms with Crippen LogP contribution in [0.15, 0.2) is 59.4 Å². The van der Waals surface area contributed by atoms with E-state index in [9.17, 15) is 9.59 Å².